The number of rotatable bonds is 6. The maximum atomic E-state index is 6.04. The van der Waals surface area contributed by atoms with Gasteiger partial charge in [0, 0.05) is 63.3 Å². The van der Waals surface area contributed by atoms with Crippen molar-refractivity contribution in [3.05, 3.63) is 35.2 Å². The van der Waals surface area contributed by atoms with Gasteiger partial charge in [-0.15, -0.1) is 0 Å². The molecule has 8 nitrogen and oxygen atoms in total. The molecule has 1 atom stereocenters. The molecule has 2 saturated heterocycles. The molecule has 30 heavy (non-hydrogen) atoms. The number of ether oxygens (including phenoxy) is 1. The lowest BCUT2D eigenvalue weighted by molar-refractivity contribution is 0.0315. The molecule has 9 heteroatoms. The number of nitrogens with one attached hydrogen (secondary N) is 1. The number of hydrogen-bond acceptors (Lipinski definition) is 6. The molecule has 2 fully saturated rings. The second-order valence-corrected chi connectivity index (χ2v) is 8.20. The summed E-state index contributed by atoms with van der Waals surface area (Å²) in [6, 6.07) is 7.45. The van der Waals surface area contributed by atoms with E-state index in [1.807, 2.05) is 31.3 Å². The van der Waals surface area contributed by atoms with Gasteiger partial charge in [0.05, 0.1) is 13.2 Å². The molecule has 1 N–H and O–H groups in total. The smallest absolute Gasteiger partial charge is 0.228 e. The third-order valence-electron chi connectivity index (χ3n) is 5.59. The molecular weight excluding hydrogens is 404 g/mol. The number of morpholine rings is 1. The van der Waals surface area contributed by atoms with Gasteiger partial charge in [-0.25, -0.2) is 0 Å². The number of hydrogen-bond donors (Lipinski definition) is 1. The molecule has 1 aromatic carbocycles. The summed E-state index contributed by atoms with van der Waals surface area (Å²) >= 11 is 6.04. The highest BCUT2D eigenvalue weighted by Gasteiger charge is 2.27. The van der Waals surface area contributed by atoms with Crippen LogP contribution in [0.1, 0.15) is 12.3 Å². The number of likely N-dealkylation sites (tertiary alicyclic amines) is 1. The van der Waals surface area contributed by atoms with Crippen LogP contribution >= 0.6 is 11.6 Å². The van der Waals surface area contributed by atoms with Gasteiger partial charge in [0.1, 0.15) is 0 Å². The molecule has 1 unspecified atom stereocenters. The molecule has 0 saturated carbocycles. The van der Waals surface area contributed by atoms with E-state index in [1.165, 1.54) is 6.42 Å². The van der Waals surface area contributed by atoms with E-state index in [1.54, 1.807) is 0 Å². The first-order chi connectivity index (χ1) is 14.7. The molecule has 0 aliphatic carbocycles. The number of guanidine groups is 1. The summed E-state index contributed by atoms with van der Waals surface area (Å²) in [6.07, 6.45) is 1.84. The third kappa shape index (κ3) is 5.50. The monoisotopic (exact) mass is 432 g/mol. The predicted molar refractivity (Wildman–Crippen MR) is 117 cm³/mol. The minimum absolute atomic E-state index is 0.558. The molecule has 0 radical (unpaired) electrons. The van der Waals surface area contributed by atoms with Gasteiger partial charge in [-0.05, 0) is 24.5 Å². The average Bonchev–Trinajstić information content (AvgIpc) is 3.42. The van der Waals surface area contributed by atoms with Crippen LogP contribution in [-0.2, 0) is 11.2 Å². The van der Waals surface area contributed by atoms with Crippen LogP contribution in [0.4, 0.5) is 0 Å². The van der Waals surface area contributed by atoms with Crippen LogP contribution in [0.2, 0.25) is 5.02 Å². The lowest BCUT2D eigenvalue weighted by Gasteiger charge is -2.29. The van der Waals surface area contributed by atoms with Crippen LogP contribution in [0.3, 0.4) is 0 Å². The topological polar surface area (TPSA) is 79.0 Å². The van der Waals surface area contributed by atoms with Crippen molar-refractivity contribution in [2.24, 2.45) is 10.9 Å². The van der Waals surface area contributed by atoms with Crippen LogP contribution in [-0.4, -0.2) is 85.4 Å². The van der Waals surface area contributed by atoms with Crippen molar-refractivity contribution in [2.75, 3.05) is 59.5 Å². The van der Waals surface area contributed by atoms with E-state index in [9.17, 15) is 0 Å². The lowest BCUT2D eigenvalue weighted by atomic mass is 10.1. The Bertz CT molecular complexity index is 852. The highest BCUT2D eigenvalue weighted by Crippen LogP contribution is 2.20. The van der Waals surface area contributed by atoms with Gasteiger partial charge in [-0.3, -0.25) is 9.89 Å². The van der Waals surface area contributed by atoms with E-state index in [0.29, 0.717) is 35.6 Å². The normalized spacial score (nSPS) is 20.7. The largest absolute Gasteiger partial charge is 0.379 e. The Labute approximate surface area is 182 Å². The van der Waals surface area contributed by atoms with E-state index in [2.05, 4.69) is 30.2 Å². The molecule has 0 amide bonds. The lowest BCUT2D eigenvalue weighted by Crippen LogP contribution is -2.42. The van der Waals surface area contributed by atoms with Gasteiger partial charge in [-0.1, -0.05) is 28.9 Å². The molecule has 0 spiro atoms. The average molecular weight is 433 g/mol. The summed E-state index contributed by atoms with van der Waals surface area (Å²) in [5.41, 5.74) is 0.852. The van der Waals surface area contributed by atoms with E-state index < -0.39 is 0 Å². The molecule has 0 bridgehead atoms. The highest BCUT2D eigenvalue weighted by atomic mass is 35.5. The van der Waals surface area contributed by atoms with Gasteiger partial charge in [0.2, 0.25) is 11.7 Å². The standard InChI is InChI=1S/C21H29ClN6O2/c1-23-21(28-8-6-16(15-28)14-27-9-11-29-12-10-27)24-7-5-19-25-20(26-30-19)17-3-2-4-18(22)13-17/h2-4,13,16H,5-12,14-15H2,1H3,(H,23,24). The quantitative estimate of drug-likeness (QED) is 0.553. The second-order valence-electron chi connectivity index (χ2n) is 7.76. The number of benzene rings is 1. The van der Waals surface area contributed by atoms with Crippen molar-refractivity contribution in [2.45, 2.75) is 12.8 Å². The van der Waals surface area contributed by atoms with Crippen LogP contribution < -0.4 is 5.32 Å². The van der Waals surface area contributed by atoms with E-state index in [-0.39, 0.29) is 0 Å². The van der Waals surface area contributed by atoms with Gasteiger partial charge < -0.3 is 19.5 Å². The van der Waals surface area contributed by atoms with E-state index in [0.717, 1.165) is 57.5 Å². The van der Waals surface area contributed by atoms with Gasteiger partial charge in [0.25, 0.3) is 0 Å². The predicted octanol–water partition coefficient (Wildman–Crippen LogP) is 2.16. The minimum atomic E-state index is 0.558. The maximum Gasteiger partial charge on any atom is 0.228 e. The Balaban J connectivity index is 1.23. The first-order valence-corrected chi connectivity index (χ1v) is 10.9. The van der Waals surface area contributed by atoms with Crippen molar-refractivity contribution in [1.29, 1.82) is 0 Å². The fourth-order valence-corrected chi connectivity index (χ4v) is 4.23. The zero-order valence-electron chi connectivity index (χ0n) is 17.4. The zero-order chi connectivity index (χ0) is 20.8. The van der Waals surface area contributed by atoms with Crippen LogP contribution in [0.25, 0.3) is 11.4 Å². The van der Waals surface area contributed by atoms with Crippen molar-refractivity contribution in [3.8, 4) is 11.4 Å². The highest BCUT2D eigenvalue weighted by molar-refractivity contribution is 6.30. The van der Waals surface area contributed by atoms with Crippen molar-refractivity contribution in [1.82, 2.24) is 25.3 Å². The summed E-state index contributed by atoms with van der Waals surface area (Å²) in [7, 11) is 1.83. The van der Waals surface area contributed by atoms with Crippen molar-refractivity contribution >= 4 is 17.6 Å². The number of nitrogens with zero attached hydrogens (tertiary/aromatic N) is 5. The van der Waals surface area contributed by atoms with Gasteiger partial charge >= 0.3 is 0 Å². The van der Waals surface area contributed by atoms with E-state index >= 15 is 0 Å². The summed E-state index contributed by atoms with van der Waals surface area (Å²) in [5, 5.41) is 8.15. The third-order valence-corrected chi connectivity index (χ3v) is 5.83. The molecular formula is C21H29ClN6O2. The van der Waals surface area contributed by atoms with Crippen molar-refractivity contribution < 1.29 is 9.26 Å². The first-order valence-electron chi connectivity index (χ1n) is 10.6. The number of halogens is 1. The van der Waals surface area contributed by atoms with Crippen LogP contribution in [0.15, 0.2) is 33.8 Å². The van der Waals surface area contributed by atoms with E-state index in [4.69, 9.17) is 20.9 Å². The summed E-state index contributed by atoms with van der Waals surface area (Å²) < 4.78 is 10.8. The molecule has 3 heterocycles. The molecule has 2 aliphatic rings. The molecule has 162 valence electrons. The first kappa shape index (κ1) is 21.1. The fraction of sp³-hybridized carbons (Fsp3) is 0.571. The summed E-state index contributed by atoms with van der Waals surface area (Å²) in [4.78, 5) is 13.8. The van der Waals surface area contributed by atoms with Crippen LogP contribution in [0.5, 0.6) is 0 Å². The summed E-state index contributed by atoms with van der Waals surface area (Å²) in [6.45, 7) is 7.71. The second kappa shape index (κ2) is 10.2. The zero-order valence-corrected chi connectivity index (χ0v) is 18.1. The Kier molecular flexibility index (Phi) is 7.20. The number of aliphatic imine (C=N–C) groups is 1. The molecule has 4 rings (SSSR count). The molecule has 2 aromatic rings. The van der Waals surface area contributed by atoms with Gasteiger partial charge in [0.15, 0.2) is 5.96 Å². The molecule has 2 aliphatic heterocycles. The van der Waals surface area contributed by atoms with Crippen LogP contribution in [0, 0.1) is 5.92 Å². The van der Waals surface area contributed by atoms with Crippen molar-refractivity contribution in [3.63, 3.8) is 0 Å². The SMILES string of the molecule is CN=C(NCCc1nc(-c2cccc(Cl)c2)no1)N1CCC(CN2CCOCC2)C1. The Hall–Kier alpha value is -2.16. The number of aromatic nitrogens is 2. The Morgan fingerprint density at radius 2 is 2.17 bits per heavy atom. The molecule has 1 aromatic heterocycles. The van der Waals surface area contributed by atoms with Gasteiger partial charge in [-0.2, -0.15) is 4.98 Å². The summed E-state index contributed by atoms with van der Waals surface area (Å²) in [5.74, 6) is 2.77. The Morgan fingerprint density at radius 3 is 2.97 bits per heavy atom. The fourth-order valence-electron chi connectivity index (χ4n) is 4.04. The minimum Gasteiger partial charge on any atom is -0.379 e. The maximum absolute atomic E-state index is 6.04. The Morgan fingerprint density at radius 1 is 1.30 bits per heavy atom.